The van der Waals surface area contributed by atoms with Crippen LogP contribution in [0.3, 0.4) is 0 Å². The number of aryl methyl sites for hydroxylation is 1. The quantitative estimate of drug-likeness (QED) is 0.558. The van der Waals surface area contributed by atoms with Gasteiger partial charge in [0.2, 0.25) is 10.0 Å². The third-order valence-corrected chi connectivity index (χ3v) is 10.2. The van der Waals surface area contributed by atoms with Crippen LogP contribution in [0.2, 0.25) is 0 Å². The van der Waals surface area contributed by atoms with Crippen LogP contribution in [0.25, 0.3) is 0 Å². The van der Waals surface area contributed by atoms with Crippen molar-refractivity contribution in [2.75, 3.05) is 13.7 Å². The van der Waals surface area contributed by atoms with E-state index in [1.165, 1.54) is 36.6 Å². The molecule has 0 saturated heterocycles. The maximum absolute atomic E-state index is 13.0. The third kappa shape index (κ3) is 4.31. The Bertz CT molecular complexity index is 1130. The highest BCUT2D eigenvalue weighted by Gasteiger charge is 2.32. The van der Waals surface area contributed by atoms with E-state index in [1.54, 1.807) is 41.9 Å². The minimum atomic E-state index is -3.88. The lowest BCUT2D eigenvalue weighted by Crippen LogP contribution is -2.31. The normalized spacial score (nSPS) is 13.4. The van der Waals surface area contributed by atoms with Gasteiger partial charge in [-0.1, -0.05) is 12.1 Å². The molecule has 0 spiro atoms. The first kappa shape index (κ1) is 21.0. The van der Waals surface area contributed by atoms with E-state index in [2.05, 4.69) is 4.72 Å². The predicted octanol–water partition coefficient (Wildman–Crippen LogP) is 3.62. The SMILES string of the molecule is COc1ccc(S(=O)(=O)NC[C@H](c2cccs2)S(=O)(=O)c2cccs2)cc1C. The van der Waals surface area contributed by atoms with Gasteiger partial charge in [0, 0.05) is 11.4 Å². The Balaban J connectivity index is 1.89. The third-order valence-electron chi connectivity index (χ3n) is 4.15. The monoisotopic (exact) mass is 457 g/mol. The van der Waals surface area contributed by atoms with Crippen molar-refractivity contribution >= 4 is 42.5 Å². The summed E-state index contributed by atoms with van der Waals surface area (Å²) >= 11 is 2.40. The Morgan fingerprint density at radius 1 is 1.04 bits per heavy atom. The van der Waals surface area contributed by atoms with Gasteiger partial charge in [0.1, 0.15) is 15.2 Å². The summed E-state index contributed by atoms with van der Waals surface area (Å²) in [5, 5.41) is 2.45. The molecule has 2 aromatic heterocycles. The van der Waals surface area contributed by atoms with Gasteiger partial charge in [-0.15, -0.1) is 22.7 Å². The van der Waals surface area contributed by atoms with Crippen LogP contribution in [0.15, 0.2) is 62.3 Å². The van der Waals surface area contributed by atoms with Crippen molar-refractivity contribution in [3.8, 4) is 5.75 Å². The standard InChI is InChI=1S/C18H19NO5S4/c1-13-11-14(7-8-15(13)24-2)28(22,23)19-12-17(16-5-3-9-25-16)27(20,21)18-6-4-10-26-18/h3-11,17,19H,12H2,1-2H3/t17-/m1/s1. The summed E-state index contributed by atoms with van der Waals surface area (Å²) in [6.45, 7) is 1.49. The minimum Gasteiger partial charge on any atom is -0.496 e. The van der Waals surface area contributed by atoms with Crippen LogP contribution in [0.1, 0.15) is 15.7 Å². The first-order chi connectivity index (χ1) is 13.3. The topological polar surface area (TPSA) is 89.5 Å². The fraction of sp³-hybridized carbons (Fsp3) is 0.222. The molecule has 150 valence electrons. The maximum atomic E-state index is 13.0. The van der Waals surface area contributed by atoms with Gasteiger partial charge >= 0.3 is 0 Å². The molecule has 2 heterocycles. The Hall–Kier alpha value is -1.72. The number of benzene rings is 1. The average Bonchev–Trinajstić information content (AvgIpc) is 3.36. The molecule has 0 unspecified atom stereocenters. The lowest BCUT2D eigenvalue weighted by atomic mass is 10.2. The lowest BCUT2D eigenvalue weighted by Gasteiger charge is -2.17. The molecule has 1 aromatic carbocycles. The fourth-order valence-corrected chi connectivity index (χ4v) is 7.92. The first-order valence-electron chi connectivity index (χ1n) is 8.21. The van der Waals surface area contributed by atoms with Crippen molar-refractivity contribution < 1.29 is 21.6 Å². The maximum Gasteiger partial charge on any atom is 0.240 e. The van der Waals surface area contributed by atoms with Crippen LogP contribution in [-0.4, -0.2) is 30.5 Å². The summed E-state index contributed by atoms with van der Waals surface area (Å²) in [5.41, 5.74) is 0.673. The van der Waals surface area contributed by atoms with Crippen molar-refractivity contribution in [3.63, 3.8) is 0 Å². The second-order valence-electron chi connectivity index (χ2n) is 5.96. The fourth-order valence-electron chi connectivity index (χ4n) is 2.69. The van der Waals surface area contributed by atoms with E-state index in [1.807, 2.05) is 0 Å². The average molecular weight is 458 g/mol. The molecule has 0 aliphatic rings. The van der Waals surface area contributed by atoms with E-state index < -0.39 is 25.1 Å². The number of sulfonamides is 1. The number of hydrogen-bond acceptors (Lipinski definition) is 7. The zero-order valence-electron chi connectivity index (χ0n) is 15.2. The lowest BCUT2D eigenvalue weighted by molar-refractivity contribution is 0.411. The van der Waals surface area contributed by atoms with Gasteiger partial charge in [0.05, 0.1) is 12.0 Å². The van der Waals surface area contributed by atoms with E-state index >= 15 is 0 Å². The molecule has 0 radical (unpaired) electrons. The van der Waals surface area contributed by atoms with E-state index in [-0.39, 0.29) is 15.6 Å². The minimum absolute atomic E-state index is 0.0595. The molecule has 3 aromatic rings. The van der Waals surface area contributed by atoms with E-state index in [0.29, 0.717) is 16.2 Å². The van der Waals surface area contributed by atoms with Gasteiger partial charge < -0.3 is 4.74 Å². The van der Waals surface area contributed by atoms with Gasteiger partial charge in [-0.3, -0.25) is 0 Å². The summed E-state index contributed by atoms with van der Waals surface area (Å²) < 4.78 is 59.4. The summed E-state index contributed by atoms with van der Waals surface area (Å²) in [4.78, 5) is 0.645. The largest absolute Gasteiger partial charge is 0.496 e. The van der Waals surface area contributed by atoms with Crippen LogP contribution in [0.5, 0.6) is 5.75 Å². The molecule has 6 nitrogen and oxygen atoms in total. The highest BCUT2D eigenvalue weighted by molar-refractivity contribution is 7.94. The second kappa shape index (κ2) is 8.34. The van der Waals surface area contributed by atoms with Crippen LogP contribution in [-0.2, 0) is 19.9 Å². The number of ether oxygens (including phenoxy) is 1. The van der Waals surface area contributed by atoms with Crippen LogP contribution >= 0.6 is 22.7 Å². The van der Waals surface area contributed by atoms with Gasteiger partial charge in [0.15, 0.2) is 9.84 Å². The summed E-state index contributed by atoms with van der Waals surface area (Å²) in [6, 6.07) is 11.1. The highest BCUT2D eigenvalue weighted by atomic mass is 32.2. The zero-order chi connectivity index (χ0) is 20.4. The highest BCUT2D eigenvalue weighted by Crippen LogP contribution is 2.33. The number of thiophene rings is 2. The number of rotatable bonds is 8. The van der Waals surface area contributed by atoms with Crippen molar-refractivity contribution in [1.29, 1.82) is 0 Å². The van der Waals surface area contributed by atoms with Crippen LogP contribution in [0.4, 0.5) is 0 Å². The second-order valence-corrected chi connectivity index (χ2v) is 12.0. The first-order valence-corrected chi connectivity index (χ1v) is 13.0. The van der Waals surface area contributed by atoms with Gasteiger partial charge in [-0.05, 0) is 53.6 Å². The Morgan fingerprint density at radius 3 is 2.32 bits per heavy atom. The molecule has 28 heavy (non-hydrogen) atoms. The van der Waals surface area contributed by atoms with Gasteiger partial charge in [-0.2, -0.15) is 0 Å². The van der Waals surface area contributed by atoms with Crippen molar-refractivity contribution in [2.45, 2.75) is 21.3 Å². The van der Waals surface area contributed by atoms with E-state index in [4.69, 9.17) is 4.74 Å². The molecule has 10 heteroatoms. The van der Waals surface area contributed by atoms with Crippen LogP contribution < -0.4 is 9.46 Å². The Morgan fingerprint density at radius 2 is 1.75 bits per heavy atom. The molecular weight excluding hydrogens is 438 g/mol. The molecule has 0 bridgehead atoms. The molecule has 3 rings (SSSR count). The number of methoxy groups -OCH3 is 1. The van der Waals surface area contributed by atoms with Crippen molar-refractivity contribution in [2.24, 2.45) is 0 Å². The molecule has 1 atom stereocenters. The summed E-state index contributed by atoms with van der Waals surface area (Å²) in [7, 11) is -6.10. The number of nitrogens with one attached hydrogen (secondary N) is 1. The summed E-state index contributed by atoms with van der Waals surface area (Å²) in [5.74, 6) is 0.579. The van der Waals surface area contributed by atoms with Crippen molar-refractivity contribution in [1.82, 2.24) is 4.72 Å². The van der Waals surface area contributed by atoms with E-state index in [0.717, 1.165) is 11.3 Å². The number of sulfone groups is 1. The number of hydrogen-bond donors (Lipinski definition) is 1. The van der Waals surface area contributed by atoms with Crippen LogP contribution in [0, 0.1) is 6.92 Å². The molecule has 0 aliphatic carbocycles. The molecular formula is C18H19NO5S4. The Kier molecular flexibility index (Phi) is 6.25. The molecule has 0 aliphatic heterocycles. The predicted molar refractivity (Wildman–Crippen MR) is 111 cm³/mol. The van der Waals surface area contributed by atoms with Gasteiger partial charge in [-0.25, -0.2) is 21.6 Å². The molecule has 0 saturated carbocycles. The summed E-state index contributed by atoms with van der Waals surface area (Å²) in [6.07, 6.45) is 0. The molecule has 1 N–H and O–H groups in total. The smallest absolute Gasteiger partial charge is 0.240 e. The van der Waals surface area contributed by atoms with Crippen molar-refractivity contribution in [3.05, 3.63) is 63.7 Å². The molecule has 0 amide bonds. The zero-order valence-corrected chi connectivity index (χ0v) is 18.4. The Labute approximate surface area is 172 Å². The molecule has 0 fully saturated rings. The van der Waals surface area contributed by atoms with Gasteiger partial charge in [0.25, 0.3) is 0 Å². The van der Waals surface area contributed by atoms with E-state index in [9.17, 15) is 16.8 Å².